The molecule has 0 saturated carbocycles. The fourth-order valence-electron chi connectivity index (χ4n) is 3.07. The third-order valence-corrected chi connectivity index (χ3v) is 7.35. The van der Waals surface area contributed by atoms with E-state index < -0.39 is 7.12 Å². The number of carbonyl (C=O) groups excluding carboxylic acids is 1. The Morgan fingerprint density at radius 1 is 0.720 bits per heavy atom. The first-order chi connectivity index (χ1) is 11.9. The highest BCUT2D eigenvalue weighted by molar-refractivity contribution is 8.50. The summed E-state index contributed by atoms with van der Waals surface area (Å²) in [6.45, 7) is 2.90. The van der Waals surface area contributed by atoms with Gasteiger partial charge in [-0.15, -0.1) is 12.2 Å². The number of quaternary nitrogens is 1. The predicted molar refractivity (Wildman–Crippen MR) is 119 cm³/mol. The normalized spacial score (nSPS) is 13.2. The lowest BCUT2D eigenvalue weighted by atomic mass is 10.0. The zero-order chi connectivity index (χ0) is 19.0. The maximum atomic E-state index is 12.1. The number of carbonyl (C=O) groups is 1. The van der Waals surface area contributed by atoms with Gasteiger partial charge in [0, 0.05) is 7.12 Å². The van der Waals surface area contributed by atoms with Crippen LogP contribution in [0.2, 0.25) is 0 Å². The van der Waals surface area contributed by atoms with Crippen LogP contribution in [0.1, 0.15) is 96.8 Å². The average Bonchev–Trinajstić information content (AvgIpc) is 2.53. The van der Waals surface area contributed by atoms with Gasteiger partial charge in [-0.1, -0.05) is 90.4 Å². The molecule has 0 saturated heterocycles. The molecule has 150 valence electrons. The summed E-state index contributed by atoms with van der Waals surface area (Å²) in [4.78, 5) is 12.1. The minimum Gasteiger partial charge on any atom is -0.324 e. The monoisotopic (exact) mass is 390 g/mol. The van der Waals surface area contributed by atoms with Crippen LogP contribution in [0.25, 0.3) is 0 Å². The van der Waals surface area contributed by atoms with Gasteiger partial charge in [0.1, 0.15) is 6.54 Å². The summed E-state index contributed by atoms with van der Waals surface area (Å²) in [5, 5.41) is 0. The molecule has 0 spiro atoms. The summed E-state index contributed by atoms with van der Waals surface area (Å²) >= 11 is 4.56. The Hall–Kier alpha value is 0.410. The van der Waals surface area contributed by atoms with Crippen molar-refractivity contribution in [3.63, 3.8) is 0 Å². The van der Waals surface area contributed by atoms with Gasteiger partial charge in [-0.05, 0) is 12.6 Å². The summed E-state index contributed by atoms with van der Waals surface area (Å²) in [6.07, 6.45) is 20.4. The highest BCUT2D eigenvalue weighted by Crippen LogP contribution is 2.42. The van der Waals surface area contributed by atoms with Crippen LogP contribution in [0.5, 0.6) is 0 Å². The van der Waals surface area contributed by atoms with Gasteiger partial charge in [0.25, 0.3) is 0 Å². The van der Waals surface area contributed by atoms with Crippen LogP contribution < -0.4 is 0 Å². The van der Waals surface area contributed by atoms with Crippen molar-refractivity contribution < 1.29 is 9.28 Å². The van der Waals surface area contributed by atoms with E-state index in [0.717, 1.165) is 10.6 Å². The predicted octanol–water partition coefficient (Wildman–Crippen LogP) is 7.03. The molecule has 0 fully saturated rings. The minimum absolute atomic E-state index is 0.362. The first kappa shape index (κ1) is 25.4. The Balaban J connectivity index is 3.29. The quantitative estimate of drug-likeness (QED) is 0.115. The van der Waals surface area contributed by atoms with Gasteiger partial charge in [-0.2, -0.15) is 0 Å². The molecule has 0 heterocycles. The van der Waals surface area contributed by atoms with Crippen molar-refractivity contribution in [2.75, 3.05) is 33.8 Å². The zero-order valence-corrected chi connectivity index (χ0v) is 19.4. The van der Waals surface area contributed by atoms with E-state index in [9.17, 15) is 4.79 Å². The van der Waals surface area contributed by atoms with Crippen molar-refractivity contribution >= 4 is 24.9 Å². The molecule has 0 aromatic heterocycles. The summed E-state index contributed by atoms with van der Waals surface area (Å²) < 4.78 is 0.719. The Kier molecular flexibility index (Phi) is 16.8. The zero-order valence-electron chi connectivity index (χ0n) is 17.6. The van der Waals surface area contributed by atoms with Crippen molar-refractivity contribution in [1.29, 1.82) is 0 Å². The largest absolute Gasteiger partial charge is 0.324 e. The smallest absolute Gasteiger partial charge is 0.218 e. The summed E-state index contributed by atoms with van der Waals surface area (Å²) in [6, 6.07) is 0. The van der Waals surface area contributed by atoms with E-state index in [1.807, 2.05) is 0 Å². The van der Waals surface area contributed by atoms with E-state index in [-0.39, 0.29) is 0 Å². The second-order valence-electron chi connectivity index (χ2n) is 8.56. The maximum absolute atomic E-state index is 12.1. The molecule has 0 amide bonds. The highest BCUT2D eigenvalue weighted by atomic mass is 32.7. The van der Waals surface area contributed by atoms with Gasteiger partial charge >= 0.3 is 0 Å². The molecule has 4 heteroatoms. The van der Waals surface area contributed by atoms with Gasteiger partial charge in [0.05, 0.1) is 21.1 Å². The number of hydrogen-bond acceptors (Lipinski definition) is 2. The summed E-state index contributed by atoms with van der Waals surface area (Å²) in [5.41, 5.74) is 0.362. The van der Waals surface area contributed by atoms with Gasteiger partial charge in [0.15, 0.2) is 0 Å². The van der Waals surface area contributed by atoms with Crippen LogP contribution in [-0.4, -0.2) is 43.9 Å². The topological polar surface area (TPSA) is 17.1 Å². The third kappa shape index (κ3) is 19.0. The molecule has 0 radical (unpaired) electrons. The van der Waals surface area contributed by atoms with Crippen molar-refractivity contribution in [1.82, 2.24) is 0 Å². The number of rotatable bonds is 18. The van der Waals surface area contributed by atoms with Crippen molar-refractivity contribution in [3.05, 3.63) is 0 Å². The highest BCUT2D eigenvalue weighted by Gasteiger charge is 2.20. The maximum Gasteiger partial charge on any atom is 0.218 e. The van der Waals surface area contributed by atoms with Crippen LogP contribution in [0.3, 0.4) is 0 Å². The fraction of sp³-hybridized carbons (Fsp3) is 0.952. The van der Waals surface area contributed by atoms with Crippen LogP contribution in [-0.2, 0) is 4.79 Å². The van der Waals surface area contributed by atoms with Crippen LogP contribution in [0, 0.1) is 0 Å². The van der Waals surface area contributed by atoms with Crippen LogP contribution in [0.15, 0.2) is 0 Å². The van der Waals surface area contributed by atoms with E-state index in [4.69, 9.17) is 0 Å². The van der Waals surface area contributed by atoms with Crippen molar-refractivity contribution in [3.8, 4) is 0 Å². The minimum atomic E-state index is -0.707. The van der Waals surface area contributed by atoms with Gasteiger partial charge in [0.2, 0.25) is 5.52 Å². The van der Waals surface area contributed by atoms with E-state index >= 15 is 0 Å². The molecule has 25 heavy (non-hydrogen) atoms. The average molecular weight is 391 g/mol. The second-order valence-corrected chi connectivity index (χ2v) is 11.8. The number of likely N-dealkylation sites (N-methyl/N-ethyl adjacent to an activating group) is 1. The van der Waals surface area contributed by atoms with Gasteiger partial charge in [-0.25, -0.2) is 0 Å². The number of unbranched alkanes of at least 4 members (excludes halogenated alkanes) is 13. The second kappa shape index (κ2) is 16.6. The molecular formula is C21H45NOPS+. The van der Waals surface area contributed by atoms with Crippen LogP contribution in [0.4, 0.5) is 0 Å². The molecule has 2 nitrogen and oxygen atoms in total. The molecule has 0 aliphatic carbocycles. The molecule has 1 unspecified atom stereocenters. The molecule has 0 bridgehead atoms. The van der Waals surface area contributed by atoms with E-state index in [1.165, 1.54) is 89.9 Å². The molecular weight excluding hydrogens is 345 g/mol. The van der Waals surface area contributed by atoms with E-state index in [2.05, 4.69) is 40.3 Å². The lowest BCUT2D eigenvalue weighted by Gasteiger charge is -2.24. The molecule has 0 rings (SSSR count). The Morgan fingerprint density at radius 3 is 1.44 bits per heavy atom. The van der Waals surface area contributed by atoms with Gasteiger partial charge < -0.3 is 4.48 Å². The molecule has 0 aliphatic heterocycles. The number of nitrogens with zero attached hydrogens (tertiary/aromatic N) is 1. The van der Waals surface area contributed by atoms with Crippen molar-refractivity contribution in [2.45, 2.75) is 96.8 Å². The Bertz CT molecular complexity index is 318. The lowest BCUT2D eigenvalue weighted by Crippen LogP contribution is -2.38. The molecule has 0 aliphatic rings. The standard InChI is InChI=1S/C21H45NOPS/c1-5-6-7-8-9-10-11-12-13-14-15-16-17-18-19-24(25)21(23)20-22(2,3)4/h25H,5-20H2,1-4H3/q+1. The fourth-order valence-corrected chi connectivity index (χ4v) is 5.04. The lowest BCUT2D eigenvalue weighted by molar-refractivity contribution is -0.861. The first-order valence-corrected chi connectivity index (χ1v) is 13.3. The van der Waals surface area contributed by atoms with Crippen LogP contribution >= 0.6 is 19.4 Å². The summed E-state index contributed by atoms with van der Waals surface area (Å²) in [5.74, 6) is 0. The first-order valence-electron chi connectivity index (χ1n) is 10.7. The number of thiol groups is 1. The third-order valence-electron chi connectivity index (χ3n) is 4.62. The van der Waals surface area contributed by atoms with E-state index in [0.29, 0.717) is 12.1 Å². The Morgan fingerprint density at radius 2 is 1.08 bits per heavy atom. The summed E-state index contributed by atoms with van der Waals surface area (Å²) in [7, 11) is 5.51. The number of hydrogen-bond donors (Lipinski definition) is 1. The molecule has 0 aromatic carbocycles. The Labute approximate surface area is 165 Å². The molecule has 1 atom stereocenters. The van der Waals surface area contributed by atoms with Gasteiger partial charge in [-0.3, -0.25) is 4.79 Å². The van der Waals surface area contributed by atoms with E-state index in [1.54, 1.807) is 0 Å². The molecule has 0 aromatic rings. The van der Waals surface area contributed by atoms with Crippen molar-refractivity contribution in [2.24, 2.45) is 0 Å². The molecule has 0 N–H and O–H groups in total. The SMILES string of the molecule is CCCCCCCCCCCCCCCCP(S)C(=O)C[N+](C)(C)C.